The number of halogens is 1. The predicted molar refractivity (Wildman–Crippen MR) is 128 cm³/mol. The number of hydrogen-bond donors (Lipinski definition) is 2. The number of amides is 3. The van der Waals surface area contributed by atoms with E-state index in [9.17, 15) is 14.0 Å². The fourth-order valence-corrected chi connectivity index (χ4v) is 4.18. The van der Waals surface area contributed by atoms with Crippen molar-refractivity contribution in [3.05, 3.63) is 95.8 Å². The molecule has 1 aromatic heterocycles. The van der Waals surface area contributed by atoms with Crippen molar-refractivity contribution in [3.63, 3.8) is 0 Å². The fraction of sp³-hybridized carbons (Fsp3) is 0.192. The maximum absolute atomic E-state index is 13.2. The van der Waals surface area contributed by atoms with Gasteiger partial charge in [-0.2, -0.15) is 0 Å². The molecule has 2 heterocycles. The Hall–Kier alpha value is -4.20. The molecule has 0 saturated heterocycles. The van der Waals surface area contributed by atoms with Crippen LogP contribution < -0.4 is 15.5 Å². The van der Waals surface area contributed by atoms with E-state index >= 15 is 0 Å². The van der Waals surface area contributed by atoms with Crippen molar-refractivity contribution in [1.29, 1.82) is 0 Å². The lowest BCUT2D eigenvalue weighted by molar-refractivity contribution is -0.123. The molecule has 4 aromatic rings. The van der Waals surface area contributed by atoms with Crippen LogP contribution in [0.5, 0.6) is 0 Å². The van der Waals surface area contributed by atoms with Crippen LogP contribution in [0.4, 0.5) is 15.1 Å². The second-order valence-corrected chi connectivity index (χ2v) is 8.24. The lowest BCUT2D eigenvalue weighted by Crippen LogP contribution is -2.52. The van der Waals surface area contributed by atoms with Gasteiger partial charge in [0.25, 0.3) is 0 Å². The van der Waals surface area contributed by atoms with E-state index in [0.717, 1.165) is 22.2 Å². The Kier molecular flexibility index (Phi) is 5.95. The molecule has 5 rings (SSSR count). The minimum Gasteiger partial charge on any atom is -0.350 e. The molecule has 172 valence electrons. The molecule has 2 N–H and O–H groups in total. The molecule has 1 aliphatic heterocycles. The largest absolute Gasteiger partial charge is 0.350 e. The number of rotatable bonds is 6. The summed E-state index contributed by atoms with van der Waals surface area (Å²) >= 11 is 0. The van der Waals surface area contributed by atoms with E-state index in [1.54, 1.807) is 17.0 Å². The van der Waals surface area contributed by atoms with Crippen LogP contribution in [0.25, 0.3) is 11.0 Å². The minimum atomic E-state index is -0.784. The van der Waals surface area contributed by atoms with Gasteiger partial charge in [0.05, 0.1) is 11.0 Å². The zero-order chi connectivity index (χ0) is 23.5. The Balaban J connectivity index is 1.32. The first kappa shape index (κ1) is 21.6. The normalized spacial score (nSPS) is 13.5. The summed E-state index contributed by atoms with van der Waals surface area (Å²) < 4.78 is 15.2. The number of anilines is 1. The molecular weight excluding hydrogens is 433 g/mol. The van der Waals surface area contributed by atoms with Gasteiger partial charge in [-0.25, -0.2) is 14.2 Å². The average Bonchev–Trinajstić information content (AvgIpc) is 3.43. The van der Waals surface area contributed by atoms with Gasteiger partial charge in [0.15, 0.2) is 0 Å². The van der Waals surface area contributed by atoms with Crippen molar-refractivity contribution in [2.75, 3.05) is 11.4 Å². The minimum absolute atomic E-state index is 0.236. The number of aromatic nitrogens is 2. The summed E-state index contributed by atoms with van der Waals surface area (Å²) in [7, 11) is 0. The van der Waals surface area contributed by atoms with Gasteiger partial charge in [-0.05, 0) is 35.4 Å². The summed E-state index contributed by atoms with van der Waals surface area (Å²) in [4.78, 5) is 32.5. The number of urea groups is 1. The average molecular weight is 458 g/mol. The van der Waals surface area contributed by atoms with E-state index in [4.69, 9.17) is 0 Å². The standard InChI is InChI=1S/C26H24FN5O2/c27-20-12-10-19(11-13-20)17-28-24(33)22(16-18-6-2-1-3-7-18)30-26(34)32-15-14-31-23-9-5-4-8-21(23)29-25(31)32/h1-13,22H,14-17H2,(H,28,33)(H,30,34). The van der Waals surface area contributed by atoms with Crippen molar-refractivity contribution in [1.82, 2.24) is 20.2 Å². The molecule has 1 atom stereocenters. The molecule has 0 aliphatic carbocycles. The number of hydrogen-bond acceptors (Lipinski definition) is 3. The fourth-order valence-electron chi connectivity index (χ4n) is 4.18. The number of nitrogens with zero attached hydrogens (tertiary/aromatic N) is 3. The predicted octanol–water partition coefficient (Wildman–Crippen LogP) is 3.63. The summed E-state index contributed by atoms with van der Waals surface area (Å²) in [6.45, 7) is 1.36. The van der Waals surface area contributed by atoms with E-state index in [1.165, 1.54) is 12.1 Å². The Morgan fingerprint density at radius 1 is 0.912 bits per heavy atom. The van der Waals surface area contributed by atoms with Crippen LogP contribution in [0.1, 0.15) is 11.1 Å². The highest BCUT2D eigenvalue weighted by Crippen LogP contribution is 2.27. The van der Waals surface area contributed by atoms with Crippen LogP contribution in [-0.4, -0.2) is 34.1 Å². The number of nitrogens with one attached hydrogen (secondary N) is 2. The SMILES string of the molecule is O=C(NCc1ccc(F)cc1)C(Cc1ccccc1)NC(=O)N1CCn2c1nc1ccccc12. The lowest BCUT2D eigenvalue weighted by Gasteiger charge is -2.22. The van der Waals surface area contributed by atoms with Crippen LogP contribution in [0.3, 0.4) is 0 Å². The molecule has 0 spiro atoms. The van der Waals surface area contributed by atoms with Gasteiger partial charge in [-0.15, -0.1) is 0 Å². The molecular formula is C26H24FN5O2. The topological polar surface area (TPSA) is 79.3 Å². The van der Waals surface area contributed by atoms with Gasteiger partial charge in [-0.3, -0.25) is 9.69 Å². The second kappa shape index (κ2) is 9.35. The molecule has 34 heavy (non-hydrogen) atoms. The van der Waals surface area contributed by atoms with Crippen molar-refractivity contribution in [2.24, 2.45) is 0 Å². The highest BCUT2D eigenvalue weighted by molar-refractivity contribution is 5.96. The van der Waals surface area contributed by atoms with Gasteiger partial charge in [0.2, 0.25) is 11.9 Å². The van der Waals surface area contributed by atoms with E-state index in [2.05, 4.69) is 15.6 Å². The molecule has 0 radical (unpaired) electrons. The van der Waals surface area contributed by atoms with Gasteiger partial charge >= 0.3 is 6.03 Å². The van der Waals surface area contributed by atoms with E-state index in [1.807, 2.05) is 59.2 Å². The molecule has 0 bridgehead atoms. The number of para-hydroxylation sites is 2. The van der Waals surface area contributed by atoms with Crippen LogP contribution >= 0.6 is 0 Å². The maximum Gasteiger partial charge on any atom is 0.324 e. The van der Waals surface area contributed by atoms with E-state index in [0.29, 0.717) is 25.5 Å². The number of fused-ring (bicyclic) bond motifs is 3. The molecule has 3 aromatic carbocycles. The summed E-state index contributed by atoms with van der Waals surface area (Å²) in [5.74, 6) is -0.0703. The Bertz CT molecular complexity index is 1320. The summed E-state index contributed by atoms with van der Waals surface area (Å²) in [6, 6.07) is 22.1. The number of carbonyl (C=O) groups is 2. The third kappa shape index (κ3) is 4.47. The monoisotopic (exact) mass is 457 g/mol. The van der Waals surface area contributed by atoms with Gasteiger partial charge in [0.1, 0.15) is 11.9 Å². The van der Waals surface area contributed by atoms with Crippen LogP contribution in [0.15, 0.2) is 78.9 Å². The molecule has 0 saturated carbocycles. The maximum atomic E-state index is 13.2. The highest BCUT2D eigenvalue weighted by atomic mass is 19.1. The smallest absolute Gasteiger partial charge is 0.324 e. The number of benzene rings is 3. The summed E-state index contributed by atoms with van der Waals surface area (Å²) in [6.07, 6.45) is 0.339. The zero-order valence-corrected chi connectivity index (χ0v) is 18.4. The number of carbonyl (C=O) groups excluding carboxylic acids is 2. The Morgan fingerprint density at radius 2 is 1.65 bits per heavy atom. The third-order valence-electron chi connectivity index (χ3n) is 5.95. The molecule has 1 unspecified atom stereocenters. The lowest BCUT2D eigenvalue weighted by atomic mass is 10.1. The summed E-state index contributed by atoms with van der Waals surface area (Å²) in [5, 5.41) is 5.76. The molecule has 8 heteroatoms. The van der Waals surface area contributed by atoms with Crippen LogP contribution in [-0.2, 0) is 24.3 Å². The van der Waals surface area contributed by atoms with Crippen molar-refractivity contribution in [3.8, 4) is 0 Å². The Labute approximate surface area is 196 Å². The van der Waals surface area contributed by atoms with Crippen molar-refractivity contribution >= 4 is 28.9 Å². The summed E-state index contributed by atoms with van der Waals surface area (Å²) in [5.41, 5.74) is 3.50. The van der Waals surface area contributed by atoms with Gasteiger partial charge in [-0.1, -0.05) is 54.6 Å². The highest BCUT2D eigenvalue weighted by Gasteiger charge is 2.31. The molecule has 7 nitrogen and oxygen atoms in total. The zero-order valence-electron chi connectivity index (χ0n) is 18.4. The number of imidazole rings is 1. The first-order chi connectivity index (χ1) is 16.6. The molecule has 1 aliphatic rings. The molecule has 3 amide bonds. The van der Waals surface area contributed by atoms with Crippen LogP contribution in [0.2, 0.25) is 0 Å². The van der Waals surface area contributed by atoms with Crippen molar-refractivity contribution < 1.29 is 14.0 Å². The van der Waals surface area contributed by atoms with E-state index < -0.39 is 6.04 Å². The first-order valence-electron chi connectivity index (χ1n) is 11.2. The Morgan fingerprint density at radius 3 is 2.44 bits per heavy atom. The van der Waals surface area contributed by atoms with E-state index in [-0.39, 0.29) is 24.3 Å². The van der Waals surface area contributed by atoms with Gasteiger partial charge < -0.3 is 15.2 Å². The van der Waals surface area contributed by atoms with Crippen LogP contribution in [0, 0.1) is 5.82 Å². The molecule has 0 fully saturated rings. The quantitative estimate of drug-likeness (QED) is 0.464. The third-order valence-corrected chi connectivity index (χ3v) is 5.95. The van der Waals surface area contributed by atoms with Gasteiger partial charge in [0, 0.05) is 26.1 Å². The first-order valence-corrected chi connectivity index (χ1v) is 11.2. The second-order valence-electron chi connectivity index (χ2n) is 8.24. The van der Waals surface area contributed by atoms with Crippen molar-refractivity contribution in [2.45, 2.75) is 25.6 Å².